The van der Waals surface area contributed by atoms with Crippen LogP contribution in [0.25, 0.3) is 0 Å². The van der Waals surface area contributed by atoms with E-state index >= 15 is 0 Å². The number of likely N-dealkylation sites (tertiary alicyclic amines) is 1. The number of carbonyl (C=O) groups is 2. The molecule has 3 atom stereocenters. The van der Waals surface area contributed by atoms with Crippen molar-refractivity contribution in [3.8, 4) is 0 Å². The number of nitrogens with one attached hydrogen (secondary N) is 1. The molecule has 0 radical (unpaired) electrons. The number of amides is 1. The molecule has 2 fully saturated rings. The third-order valence-electron chi connectivity index (χ3n) is 6.48. The van der Waals surface area contributed by atoms with E-state index in [0.29, 0.717) is 17.9 Å². The smallest absolute Gasteiger partial charge is 0.340 e. The number of anilines is 1. The van der Waals surface area contributed by atoms with Gasteiger partial charge in [-0.1, -0.05) is 42.5 Å². The molecule has 6 nitrogen and oxygen atoms in total. The Labute approximate surface area is 183 Å². The van der Waals surface area contributed by atoms with Crippen molar-refractivity contribution in [2.75, 3.05) is 25.0 Å². The number of para-hydroxylation sites is 1. The molecule has 0 aromatic heterocycles. The second-order valence-corrected chi connectivity index (χ2v) is 9.03. The average molecular weight is 423 g/mol. The first-order chi connectivity index (χ1) is 14.9. The monoisotopic (exact) mass is 422 g/mol. The predicted molar refractivity (Wildman–Crippen MR) is 119 cm³/mol. The minimum atomic E-state index is -0.429. The molecule has 4 rings (SSSR count). The lowest BCUT2D eigenvalue weighted by molar-refractivity contribution is -0.114. The van der Waals surface area contributed by atoms with E-state index < -0.39 is 5.97 Å². The SMILES string of the molecule is CC(=O)Nc1ccccc1C(=O)OC[C@@]12CC[C@@H](O)[C@@H](CN(Cc3ccccc3)C1)C2. The van der Waals surface area contributed by atoms with Crippen LogP contribution < -0.4 is 5.32 Å². The number of nitrogens with zero attached hydrogens (tertiary/aromatic N) is 1. The molecule has 2 aliphatic rings. The molecule has 164 valence electrons. The molecule has 31 heavy (non-hydrogen) atoms. The van der Waals surface area contributed by atoms with Crippen molar-refractivity contribution >= 4 is 17.6 Å². The Kier molecular flexibility index (Phi) is 6.39. The number of piperidine rings is 1. The van der Waals surface area contributed by atoms with Crippen LogP contribution in [-0.4, -0.2) is 47.7 Å². The molecule has 1 saturated heterocycles. The fourth-order valence-electron chi connectivity index (χ4n) is 5.08. The Balaban J connectivity index is 1.46. The average Bonchev–Trinajstić information content (AvgIpc) is 2.76. The largest absolute Gasteiger partial charge is 0.461 e. The van der Waals surface area contributed by atoms with Crippen molar-refractivity contribution in [3.05, 3.63) is 65.7 Å². The first kappa shape index (κ1) is 21.5. The Morgan fingerprint density at radius 2 is 1.90 bits per heavy atom. The van der Waals surface area contributed by atoms with Crippen LogP contribution in [0, 0.1) is 11.3 Å². The number of benzene rings is 2. The number of hydrogen-bond donors (Lipinski definition) is 2. The van der Waals surface area contributed by atoms with Crippen LogP contribution in [0.15, 0.2) is 54.6 Å². The molecule has 0 spiro atoms. The number of aliphatic hydroxyl groups excluding tert-OH is 1. The van der Waals surface area contributed by atoms with Crippen LogP contribution >= 0.6 is 0 Å². The number of aliphatic hydroxyl groups is 1. The van der Waals surface area contributed by atoms with E-state index in [1.54, 1.807) is 24.3 Å². The lowest BCUT2D eigenvalue weighted by atomic mass is 9.66. The van der Waals surface area contributed by atoms with Crippen molar-refractivity contribution in [2.24, 2.45) is 11.3 Å². The number of fused-ring (bicyclic) bond motifs is 2. The fraction of sp³-hybridized carbons (Fsp3) is 0.440. The summed E-state index contributed by atoms with van der Waals surface area (Å²) in [5.74, 6) is -0.468. The van der Waals surface area contributed by atoms with Crippen molar-refractivity contribution in [3.63, 3.8) is 0 Å². The zero-order valence-electron chi connectivity index (χ0n) is 17.9. The van der Waals surface area contributed by atoms with Gasteiger partial charge in [0.1, 0.15) is 0 Å². The predicted octanol–water partition coefficient (Wildman–Crippen LogP) is 3.47. The Morgan fingerprint density at radius 1 is 1.16 bits per heavy atom. The van der Waals surface area contributed by atoms with Gasteiger partial charge in [-0.3, -0.25) is 9.69 Å². The van der Waals surface area contributed by atoms with E-state index in [0.717, 1.165) is 38.9 Å². The number of carbonyl (C=O) groups excluding carboxylic acids is 2. The molecule has 2 aromatic carbocycles. The molecular weight excluding hydrogens is 392 g/mol. The van der Waals surface area contributed by atoms with Crippen molar-refractivity contribution in [1.82, 2.24) is 4.90 Å². The van der Waals surface area contributed by atoms with Crippen LogP contribution in [0.3, 0.4) is 0 Å². The molecule has 2 aromatic rings. The van der Waals surface area contributed by atoms with Crippen LogP contribution in [0.4, 0.5) is 5.69 Å². The summed E-state index contributed by atoms with van der Waals surface area (Å²) in [7, 11) is 0. The summed E-state index contributed by atoms with van der Waals surface area (Å²) in [5, 5.41) is 13.2. The molecule has 2 bridgehead atoms. The highest BCUT2D eigenvalue weighted by Gasteiger charge is 2.46. The van der Waals surface area contributed by atoms with Gasteiger partial charge in [0.25, 0.3) is 0 Å². The van der Waals surface area contributed by atoms with Gasteiger partial charge in [-0.15, -0.1) is 0 Å². The van der Waals surface area contributed by atoms with Gasteiger partial charge in [-0.05, 0) is 42.9 Å². The number of hydrogen-bond acceptors (Lipinski definition) is 5. The minimum absolute atomic E-state index is 0.157. The quantitative estimate of drug-likeness (QED) is 0.697. The summed E-state index contributed by atoms with van der Waals surface area (Å²) in [5.41, 5.74) is 1.91. The third-order valence-corrected chi connectivity index (χ3v) is 6.48. The van der Waals surface area contributed by atoms with E-state index in [9.17, 15) is 14.7 Å². The number of esters is 1. The zero-order valence-corrected chi connectivity index (χ0v) is 17.9. The minimum Gasteiger partial charge on any atom is -0.461 e. The molecular formula is C25H30N2O4. The van der Waals surface area contributed by atoms with E-state index in [1.165, 1.54) is 12.5 Å². The highest BCUT2D eigenvalue weighted by Crippen LogP contribution is 2.45. The van der Waals surface area contributed by atoms with Crippen LogP contribution in [0.5, 0.6) is 0 Å². The molecule has 6 heteroatoms. The second-order valence-electron chi connectivity index (χ2n) is 9.03. The fourth-order valence-corrected chi connectivity index (χ4v) is 5.08. The van der Waals surface area contributed by atoms with E-state index in [2.05, 4.69) is 22.3 Å². The Morgan fingerprint density at radius 3 is 2.68 bits per heavy atom. The third kappa shape index (κ3) is 5.14. The summed E-state index contributed by atoms with van der Waals surface area (Å²) in [6.07, 6.45) is 2.13. The molecule has 1 heterocycles. The summed E-state index contributed by atoms with van der Waals surface area (Å²) < 4.78 is 5.80. The maximum atomic E-state index is 12.8. The van der Waals surface area contributed by atoms with Crippen LogP contribution in [-0.2, 0) is 16.1 Å². The Bertz CT molecular complexity index is 932. The molecule has 1 amide bonds. The van der Waals surface area contributed by atoms with Crippen molar-refractivity contribution in [1.29, 1.82) is 0 Å². The standard InChI is InChI=1S/C25H30N2O4/c1-18(28)26-22-10-6-5-9-21(22)24(30)31-17-25-12-11-23(29)20(13-25)15-27(16-25)14-19-7-3-2-4-8-19/h2-10,20,23,29H,11-17H2,1H3,(H,26,28)/t20-,23-,25-/m1/s1. The van der Waals surface area contributed by atoms with Gasteiger partial charge >= 0.3 is 5.97 Å². The lowest BCUT2D eigenvalue weighted by Crippen LogP contribution is -2.55. The highest BCUT2D eigenvalue weighted by molar-refractivity contribution is 6.00. The van der Waals surface area contributed by atoms with E-state index in [4.69, 9.17) is 4.74 Å². The maximum absolute atomic E-state index is 12.8. The van der Waals surface area contributed by atoms with E-state index in [-0.39, 0.29) is 23.3 Å². The van der Waals surface area contributed by atoms with Crippen molar-refractivity contribution in [2.45, 2.75) is 38.8 Å². The van der Waals surface area contributed by atoms with Gasteiger partial charge in [0.2, 0.25) is 5.91 Å². The zero-order chi connectivity index (χ0) is 21.8. The van der Waals surface area contributed by atoms with Crippen LogP contribution in [0.1, 0.15) is 42.1 Å². The molecule has 0 unspecified atom stereocenters. The van der Waals surface area contributed by atoms with Gasteiger partial charge in [0.05, 0.1) is 24.0 Å². The van der Waals surface area contributed by atoms with Crippen LogP contribution in [0.2, 0.25) is 0 Å². The van der Waals surface area contributed by atoms with Gasteiger partial charge < -0.3 is 15.2 Å². The molecule has 1 aliphatic carbocycles. The number of ether oxygens (including phenoxy) is 1. The maximum Gasteiger partial charge on any atom is 0.340 e. The van der Waals surface area contributed by atoms with Gasteiger partial charge in [-0.25, -0.2) is 4.79 Å². The van der Waals surface area contributed by atoms with E-state index in [1.807, 2.05) is 18.2 Å². The van der Waals surface area contributed by atoms with Gasteiger partial charge in [0.15, 0.2) is 0 Å². The lowest BCUT2D eigenvalue weighted by Gasteiger charge is -2.51. The van der Waals surface area contributed by atoms with Gasteiger partial charge in [-0.2, -0.15) is 0 Å². The highest BCUT2D eigenvalue weighted by atomic mass is 16.5. The molecule has 1 aliphatic heterocycles. The topological polar surface area (TPSA) is 78.9 Å². The number of rotatable bonds is 6. The second kappa shape index (κ2) is 9.20. The van der Waals surface area contributed by atoms with Crippen molar-refractivity contribution < 1.29 is 19.4 Å². The first-order valence-electron chi connectivity index (χ1n) is 10.9. The summed E-state index contributed by atoms with van der Waals surface area (Å²) >= 11 is 0. The normalized spacial score (nSPS) is 25.6. The molecule has 1 saturated carbocycles. The van der Waals surface area contributed by atoms with Gasteiger partial charge in [0, 0.05) is 32.0 Å². The summed E-state index contributed by atoms with van der Waals surface area (Å²) in [6.45, 7) is 4.25. The Hall–Kier alpha value is -2.70. The summed E-state index contributed by atoms with van der Waals surface area (Å²) in [6, 6.07) is 17.2. The molecule has 2 N–H and O–H groups in total. The first-order valence-corrected chi connectivity index (χ1v) is 10.9. The summed E-state index contributed by atoms with van der Waals surface area (Å²) in [4.78, 5) is 26.7.